The molecule has 0 aromatic rings. The molecule has 2 rings (SSSR count). The summed E-state index contributed by atoms with van der Waals surface area (Å²) in [5, 5.41) is 6.16. The van der Waals surface area contributed by atoms with Crippen LogP contribution in [-0.4, -0.2) is 70.0 Å². The van der Waals surface area contributed by atoms with Gasteiger partial charge in [0.25, 0.3) is 0 Å². The summed E-state index contributed by atoms with van der Waals surface area (Å²) in [6.45, 7) is 3.40. The number of hydrogen-bond acceptors (Lipinski definition) is 5. The lowest BCUT2D eigenvalue weighted by Crippen LogP contribution is -2.43. The summed E-state index contributed by atoms with van der Waals surface area (Å²) in [5.41, 5.74) is 0. The summed E-state index contributed by atoms with van der Waals surface area (Å²) >= 11 is 0. The molecule has 2 aliphatic rings. The molecule has 0 spiro atoms. The fourth-order valence-electron chi connectivity index (χ4n) is 3.00. The van der Waals surface area contributed by atoms with Crippen molar-refractivity contribution < 1.29 is 13.2 Å². The van der Waals surface area contributed by atoms with Gasteiger partial charge in [0.05, 0.1) is 18.1 Å². The maximum Gasteiger partial charge on any atom is 0.234 e. The Morgan fingerprint density at radius 1 is 1.30 bits per heavy atom. The van der Waals surface area contributed by atoms with Crippen LogP contribution >= 0.6 is 0 Å². The van der Waals surface area contributed by atoms with Gasteiger partial charge in [0, 0.05) is 12.6 Å². The second-order valence-electron chi connectivity index (χ2n) is 6.06. The smallest absolute Gasteiger partial charge is 0.234 e. The number of rotatable bonds is 5. The zero-order valence-corrected chi connectivity index (χ0v) is 12.9. The molecule has 116 valence electrons. The summed E-state index contributed by atoms with van der Waals surface area (Å²) in [5.74, 6) is 0.879. The Morgan fingerprint density at radius 2 is 2.00 bits per heavy atom. The SMILES string of the molecule is CN(CC(=O)NC1CCS(=O)(=O)C1)CC1CCNCC1. The maximum atomic E-state index is 11.9. The molecular formula is C13H25N3O3S. The van der Waals surface area contributed by atoms with Crippen molar-refractivity contribution in [2.75, 3.05) is 44.7 Å². The third-order valence-corrected chi connectivity index (χ3v) is 5.81. The second-order valence-corrected chi connectivity index (χ2v) is 8.29. The first-order chi connectivity index (χ1) is 9.44. The third kappa shape index (κ3) is 5.03. The van der Waals surface area contributed by atoms with Crippen LogP contribution in [-0.2, 0) is 14.6 Å². The van der Waals surface area contributed by atoms with Crippen LogP contribution in [0.2, 0.25) is 0 Å². The van der Waals surface area contributed by atoms with Gasteiger partial charge in [0.15, 0.2) is 9.84 Å². The number of nitrogens with one attached hydrogen (secondary N) is 2. The molecule has 2 fully saturated rings. The highest BCUT2D eigenvalue weighted by molar-refractivity contribution is 7.91. The van der Waals surface area contributed by atoms with Gasteiger partial charge in [-0.25, -0.2) is 8.42 Å². The van der Waals surface area contributed by atoms with E-state index in [4.69, 9.17) is 0 Å². The van der Waals surface area contributed by atoms with Gasteiger partial charge in [-0.2, -0.15) is 0 Å². The highest BCUT2D eigenvalue weighted by Gasteiger charge is 2.29. The van der Waals surface area contributed by atoms with Crippen molar-refractivity contribution in [2.24, 2.45) is 5.92 Å². The Morgan fingerprint density at radius 3 is 2.60 bits per heavy atom. The number of nitrogens with zero attached hydrogens (tertiary/aromatic N) is 1. The molecule has 20 heavy (non-hydrogen) atoms. The Labute approximate surface area is 121 Å². The predicted octanol–water partition coefficient (Wildman–Crippen LogP) is -0.779. The van der Waals surface area contributed by atoms with Crippen molar-refractivity contribution in [3.05, 3.63) is 0 Å². The lowest BCUT2D eigenvalue weighted by atomic mass is 9.98. The van der Waals surface area contributed by atoms with Gasteiger partial charge in [0.2, 0.25) is 5.91 Å². The van der Waals surface area contributed by atoms with Crippen LogP contribution in [0.3, 0.4) is 0 Å². The zero-order chi connectivity index (χ0) is 14.6. The van der Waals surface area contributed by atoms with Crippen molar-refractivity contribution in [3.63, 3.8) is 0 Å². The average molecular weight is 303 g/mol. The van der Waals surface area contributed by atoms with E-state index in [0.717, 1.165) is 32.5 Å². The Kier molecular flexibility index (Phi) is 5.40. The van der Waals surface area contributed by atoms with Gasteiger partial charge in [-0.05, 0) is 45.3 Å². The first-order valence-corrected chi connectivity index (χ1v) is 9.16. The van der Waals surface area contributed by atoms with Crippen LogP contribution in [0.15, 0.2) is 0 Å². The van der Waals surface area contributed by atoms with Crippen molar-refractivity contribution in [1.82, 2.24) is 15.5 Å². The van der Waals surface area contributed by atoms with E-state index in [9.17, 15) is 13.2 Å². The van der Waals surface area contributed by atoms with Crippen LogP contribution in [0.4, 0.5) is 0 Å². The number of carbonyl (C=O) groups is 1. The lowest BCUT2D eigenvalue weighted by Gasteiger charge is -2.27. The van der Waals surface area contributed by atoms with Gasteiger partial charge in [-0.15, -0.1) is 0 Å². The molecule has 0 aromatic carbocycles. The molecule has 1 unspecified atom stereocenters. The van der Waals surface area contributed by atoms with Crippen LogP contribution in [0, 0.1) is 5.92 Å². The third-order valence-electron chi connectivity index (χ3n) is 4.04. The van der Waals surface area contributed by atoms with Gasteiger partial charge in [-0.1, -0.05) is 0 Å². The van der Waals surface area contributed by atoms with E-state index < -0.39 is 9.84 Å². The van der Waals surface area contributed by atoms with E-state index in [2.05, 4.69) is 10.6 Å². The lowest BCUT2D eigenvalue weighted by molar-refractivity contribution is -0.122. The minimum absolute atomic E-state index is 0.0662. The highest BCUT2D eigenvalue weighted by Crippen LogP contribution is 2.13. The summed E-state index contributed by atoms with van der Waals surface area (Å²) in [6, 6.07) is -0.195. The molecule has 0 saturated carbocycles. The molecule has 1 amide bonds. The van der Waals surface area contributed by atoms with E-state index >= 15 is 0 Å². The van der Waals surface area contributed by atoms with Gasteiger partial charge < -0.3 is 10.6 Å². The molecule has 2 aliphatic heterocycles. The normalized spacial score (nSPS) is 26.8. The first-order valence-electron chi connectivity index (χ1n) is 7.34. The molecule has 0 radical (unpaired) electrons. The summed E-state index contributed by atoms with van der Waals surface area (Å²) < 4.78 is 22.7. The fourth-order valence-corrected chi connectivity index (χ4v) is 4.67. The van der Waals surface area contributed by atoms with Crippen molar-refractivity contribution in [1.29, 1.82) is 0 Å². The average Bonchev–Trinajstić information content (AvgIpc) is 2.69. The van der Waals surface area contributed by atoms with E-state index in [0.29, 0.717) is 18.9 Å². The number of piperidine rings is 1. The van der Waals surface area contributed by atoms with Crippen molar-refractivity contribution in [3.8, 4) is 0 Å². The molecule has 2 heterocycles. The molecule has 0 bridgehead atoms. The molecule has 2 N–H and O–H groups in total. The number of hydrogen-bond donors (Lipinski definition) is 2. The van der Waals surface area contributed by atoms with Crippen LogP contribution < -0.4 is 10.6 Å². The summed E-state index contributed by atoms with van der Waals surface area (Å²) in [4.78, 5) is 13.9. The molecule has 0 aromatic heterocycles. The molecule has 0 aliphatic carbocycles. The topological polar surface area (TPSA) is 78.5 Å². The maximum absolute atomic E-state index is 11.9. The van der Waals surface area contributed by atoms with Gasteiger partial charge >= 0.3 is 0 Å². The Balaban J connectivity index is 1.68. The Hall–Kier alpha value is -0.660. The molecule has 1 atom stereocenters. The first kappa shape index (κ1) is 15.7. The fraction of sp³-hybridized carbons (Fsp3) is 0.923. The molecular weight excluding hydrogens is 278 g/mol. The zero-order valence-electron chi connectivity index (χ0n) is 12.1. The number of sulfone groups is 1. The van der Waals surface area contributed by atoms with E-state index in [1.165, 1.54) is 0 Å². The quantitative estimate of drug-likeness (QED) is 0.697. The second kappa shape index (κ2) is 6.87. The number of carbonyl (C=O) groups excluding carboxylic acids is 1. The van der Waals surface area contributed by atoms with Crippen LogP contribution in [0.25, 0.3) is 0 Å². The van der Waals surface area contributed by atoms with Gasteiger partial charge in [0.1, 0.15) is 0 Å². The van der Waals surface area contributed by atoms with Crippen molar-refractivity contribution in [2.45, 2.75) is 25.3 Å². The highest BCUT2D eigenvalue weighted by atomic mass is 32.2. The van der Waals surface area contributed by atoms with Crippen LogP contribution in [0.1, 0.15) is 19.3 Å². The predicted molar refractivity (Wildman–Crippen MR) is 78.3 cm³/mol. The molecule has 6 nitrogen and oxygen atoms in total. The van der Waals surface area contributed by atoms with E-state index in [-0.39, 0.29) is 23.5 Å². The summed E-state index contributed by atoms with van der Waals surface area (Å²) in [6.07, 6.45) is 2.87. The minimum Gasteiger partial charge on any atom is -0.351 e. The molecule has 7 heteroatoms. The monoisotopic (exact) mass is 303 g/mol. The van der Waals surface area contributed by atoms with E-state index in [1.54, 1.807) is 0 Å². The van der Waals surface area contributed by atoms with Crippen molar-refractivity contribution >= 4 is 15.7 Å². The Bertz CT molecular complexity index is 432. The molecule has 2 saturated heterocycles. The van der Waals surface area contributed by atoms with Crippen LogP contribution in [0.5, 0.6) is 0 Å². The number of likely N-dealkylation sites (N-methyl/N-ethyl adjacent to an activating group) is 1. The standard InChI is InChI=1S/C13H25N3O3S/c1-16(8-11-2-5-14-6-3-11)9-13(17)15-12-4-7-20(18,19)10-12/h11-12,14H,2-10H2,1H3,(H,15,17). The minimum atomic E-state index is -2.93. The van der Waals surface area contributed by atoms with Gasteiger partial charge in [-0.3, -0.25) is 9.69 Å². The largest absolute Gasteiger partial charge is 0.351 e. The number of amides is 1. The van der Waals surface area contributed by atoms with E-state index in [1.807, 2.05) is 11.9 Å². The summed E-state index contributed by atoms with van der Waals surface area (Å²) in [7, 11) is -0.976.